The average molecular weight is 528 g/mol. The third kappa shape index (κ3) is 6.83. The van der Waals surface area contributed by atoms with Gasteiger partial charge in [-0.05, 0) is 44.5 Å². The maximum atomic E-state index is 12.4. The Morgan fingerprint density at radius 3 is 2.73 bits per heavy atom. The van der Waals surface area contributed by atoms with Gasteiger partial charge in [0.25, 0.3) is 0 Å². The summed E-state index contributed by atoms with van der Waals surface area (Å²) in [6.45, 7) is 4.13. The molecule has 2 atom stereocenters. The van der Waals surface area contributed by atoms with Crippen LogP contribution in [0.2, 0.25) is 0 Å². The summed E-state index contributed by atoms with van der Waals surface area (Å²) in [6.07, 6.45) is 3.34. The average Bonchev–Trinajstić information content (AvgIpc) is 3.11. The minimum atomic E-state index is -0.187. The van der Waals surface area contributed by atoms with Gasteiger partial charge >= 0.3 is 0 Å². The zero-order chi connectivity index (χ0) is 20.6. The molecule has 2 saturated heterocycles. The van der Waals surface area contributed by atoms with Crippen molar-refractivity contribution in [1.29, 1.82) is 0 Å². The van der Waals surface area contributed by atoms with Crippen molar-refractivity contribution in [3.63, 3.8) is 0 Å². The number of para-hydroxylation sites is 1. The first-order valence-electron chi connectivity index (χ1n) is 10.4. The second kappa shape index (κ2) is 12.1. The predicted molar refractivity (Wildman–Crippen MR) is 130 cm³/mol. The molecule has 4 N–H and O–H groups in total. The number of nitrogens with one attached hydrogen (secondary N) is 2. The van der Waals surface area contributed by atoms with Gasteiger partial charge in [0.15, 0.2) is 5.96 Å². The zero-order valence-electron chi connectivity index (χ0n) is 17.5. The smallest absolute Gasteiger partial charge is 0.229 e. The van der Waals surface area contributed by atoms with Gasteiger partial charge in [0, 0.05) is 38.8 Å². The van der Waals surface area contributed by atoms with Gasteiger partial charge in [0.1, 0.15) is 0 Å². The monoisotopic (exact) mass is 528 g/mol. The van der Waals surface area contributed by atoms with Gasteiger partial charge in [-0.1, -0.05) is 18.2 Å². The lowest BCUT2D eigenvalue weighted by molar-refractivity contribution is -0.123. The molecule has 2 heterocycles. The second-order valence-electron chi connectivity index (χ2n) is 7.78. The van der Waals surface area contributed by atoms with E-state index in [0.29, 0.717) is 18.9 Å². The van der Waals surface area contributed by atoms with Crippen LogP contribution in [0.25, 0.3) is 0 Å². The highest BCUT2D eigenvalue weighted by Crippen LogP contribution is 2.21. The number of rotatable bonds is 7. The molecule has 1 aromatic carbocycles. The Bertz CT molecular complexity index is 729. The Kier molecular flexibility index (Phi) is 9.83. The minimum absolute atomic E-state index is 0. The lowest BCUT2D eigenvalue weighted by Gasteiger charge is -2.31. The molecule has 2 aliphatic heterocycles. The van der Waals surface area contributed by atoms with E-state index in [-0.39, 0.29) is 47.8 Å². The standard InChI is InChI=1S/C21H32N6O2.HI/c1-23-21(24-10-6-12-26-11-5-7-16(14-26)20(22)29)25-17-13-19(28)27(15-17)18-8-3-2-4-9-18;/h2-4,8-9,16-17H,5-7,10-15H2,1H3,(H2,22,29)(H2,23,24,25);1H. The maximum absolute atomic E-state index is 12.4. The second-order valence-corrected chi connectivity index (χ2v) is 7.78. The predicted octanol–water partition coefficient (Wildman–Crippen LogP) is 1.16. The lowest BCUT2D eigenvalue weighted by atomic mass is 9.97. The third-order valence-electron chi connectivity index (χ3n) is 5.61. The molecule has 9 heteroatoms. The number of guanidine groups is 1. The van der Waals surface area contributed by atoms with Crippen molar-refractivity contribution < 1.29 is 9.59 Å². The Morgan fingerprint density at radius 1 is 1.27 bits per heavy atom. The van der Waals surface area contributed by atoms with E-state index in [0.717, 1.165) is 51.1 Å². The molecule has 1 aromatic rings. The van der Waals surface area contributed by atoms with Crippen LogP contribution in [-0.2, 0) is 9.59 Å². The summed E-state index contributed by atoms with van der Waals surface area (Å²) < 4.78 is 0. The molecule has 2 fully saturated rings. The molecule has 0 aromatic heterocycles. The summed E-state index contributed by atoms with van der Waals surface area (Å²) in [4.78, 5) is 32.2. The number of halogens is 1. The number of aliphatic imine (C=N–C) groups is 1. The van der Waals surface area contributed by atoms with Crippen LogP contribution < -0.4 is 21.3 Å². The number of likely N-dealkylation sites (tertiary alicyclic amines) is 1. The molecule has 2 amide bonds. The van der Waals surface area contributed by atoms with Crippen LogP contribution in [0.5, 0.6) is 0 Å². The Morgan fingerprint density at radius 2 is 2.03 bits per heavy atom. The van der Waals surface area contributed by atoms with Crippen LogP contribution in [-0.4, -0.2) is 68.5 Å². The molecule has 8 nitrogen and oxygen atoms in total. The van der Waals surface area contributed by atoms with E-state index in [1.165, 1.54) is 0 Å². The molecular formula is C21H33IN6O2. The van der Waals surface area contributed by atoms with Crippen LogP contribution in [0.15, 0.2) is 35.3 Å². The first kappa shape index (κ1) is 24.4. The molecule has 0 spiro atoms. The fourth-order valence-electron chi connectivity index (χ4n) is 4.05. The van der Waals surface area contributed by atoms with Gasteiger partial charge in [0.05, 0.1) is 12.0 Å². The first-order chi connectivity index (χ1) is 14.1. The van der Waals surface area contributed by atoms with Gasteiger partial charge in [-0.3, -0.25) is 14.6 Å². The van der Waals surface area contributed by atoms with E-state index in [9.17, 15) is 9.59 Å². The van der Waals surface area contributed by atoms with E-state index >= 15 is 0 Å². The number of nitrogens with two attached hydrogens (primary N) is 1. The molecule has 0 aliphatic carbocycles. The van der Waals surface area contributed by atoms with Crippen molar-refractivity contribution in [3.8, 4) is 0 Å². The highest BCUT2D eigenvalue weighted by molar-refractivity contribution is 14.0. The number of carbonyl (C=O) groups excluding carboxylic acids is 2. The van der Waals surface area contributed by atoms with Crippen molar-refractivity contribution in [1.82, 2.24) is 15.5 Å². The number of amides is 2. The van der Waals surface area contributed by atoms with Crippen LogP contribution in [0.1, 0.15) is 25.7 Å². The normalized spacial score (nSPS) is 22.5. The van der Waals surface area contributed by atoms with Crippen LogP contribution >= 0.6 is 24.0 Å². The Hall–Kier alpha value is -1.88. The number of piperidine rings is 1. The topological polar surface area (TPSA) is 103 Å². The highest BCUT2D eigenvalue weighted by atomic mass is 127. The maximum Gasteiger partial charge on any atom is 0.229 e. The van der Waals surface area contributed by atoms with E-state index in [1.807, 2.05) is 35.2 Å². The SMILES string of the molecule is CN=C(NCCCN1CCCC(C(N)=O)C1)NC1CC(=O)N(c2ccccc2)C1.I. The zero-order valence-corrected chi connectivity index (χ0v) is 19.9. The molecule has 30 heavy (non-hydrogen) atoms. The van der Waals surface area contributed by atoms with Gasteiger partial charge in [-0.15, -0.1) is 24.0 Å². The molecular weight excluding hydrogens is 495 g/mol. The summed E-state index contributed by atoms with van der Waals surface area (Å²) in [5, 5.41) is 6.69. The summed E-state index contributed by atoms with van der Waals surface area (Å²) in [5.41, 5.74) is 6.38. The van der Waals surface area contributed by atoms with E-state index in [4.69, 9.17) is 5.73 Å². The number of benzene rings is 1. The largest absolute Gasteiger partial charge is 0.369 e. The number of primary amides is 1. The van der Waals surface area contributed by atoms with Crippen molar-refractivity contribution in [2.24, 2.45) is 16.6 Å². The van der Waals surface area contributed by atoms with Crippen molar-refractivity contribution in [2.75, 3.05) is 44.7 Å². The van der Waals surface area contributed by atoms with Crippen LogP contribution in [0, 0.1) is 5.92 Å². The highest BCUT2D eigenvalue weighted by Gasteiger charge is 2.31. The molecule has 0 saturated carbocycles. The van der Waals surface area contributed by atoms with E-state index in [1.54, 1.807) is 7.05 Å². The molecule has 0 bridgehead atoms. The Labute approximate surface area is 195 Å². The van der Waals surface area contributed by atoms with Gasteiger partial charge in [-0.2, -0.15) is 0 Å². The molecule has 166 valence electrons. The number of nitrogens with zero attached hydrogens (tertiary/aromatic N) is 3. The van der Waals surface area contributed by atoms with Crippen molar-refractivity contribution in [3.05, 3.63) is 30.3 Å². The first-order valence-corrected chi connectivity index (χ1v) is 10.4. The van der Waals surface area contributed by atoms with Crippen molar-refractivity contribution in [2.45, 2.75) is 31.7 Å². The summed E-state index contributed by atoms with van der Waals surface area (Å²) in [7, 11) is 1.74. The van der Waals surface area contributed by atoms with Gasteiger partial charge in [0.2, 0.25) is 11.8 Å². The molecule has 3 rings (SSSR count). The van der Waals surface area contributed by atoms with E-state index < -0.39 is 0 Å². The Balaban J connectivity index is 0.00000320. The molecule has 2 unspecified atom stereocenters. The van der Waals surface area contributed by atoms with Gasteiger partial charge in [-0.25, -0.2) is 0 Å². The molecule has 0 radical (unpaired) electrons. The molecule has 2 aliphatic rings. The quantitative estimate of drug-likeness (QED) is 0.214. The fraction of sp³-hybridized carbons (Fsp3) is 0.571. The fourth-order valence-corrected chi connectivity index (χ4v) is 4.05. The number of carbonyl (C=O) groups is 2. The summed E-state index contributed by atoms with van der Waals surface area (Å²) in [5.74, 6) is 0.635. The summed E-state index contributed by atoms with van der Waals surface area (Å²) >= 11 is 0. The lowest BCUT2D eigenvalue weighted by Crippen LogP contribution is -2.46. The minimum Gasteiger partial charge on any atom is -0.369 e. The number of hydrogen-bond donors (Lipinski definition) is 3. The van der Waals surface area contributed by atoms with E-state index in [2.05, 4.69) is 20.5 Å². The van der Waals surface area contributed by atoms with Crippen LogP contribution in [0.4, 0.5) is 5.69 Å². The van der Waals surface area contributed by atoms with Crippen molar-refractivity contribution >= 4 is 47.4 Å². The van der Waals surface area contributed by atoms with Gasteiger partial charge < -0.3 is 26.2 Å². The third-order valence-corrected chi connectivity index (χ3v) is 5.61. The number of anilines is 1. The van der Waals surface area contributed by atoms with Crippen LogP contribution in [0.3, 0.4) is 0 Å². The summed E-state index contributed by atoms with van der Waals surface area (Å²) in [6, 6.07) is 9.78. The number of hydrogen-bond acceptors (Lipinski definition) is 4.